The Kier molecular flexibility index (Phi) is 2.72. The van der Waals surface area contributed by atoms with Crippen molar-refractivity contribution in [1.82, 2.24) is 14.7 Å². The van der Waals surface area contributed by atoms with Crippen LogP contribution in [0.5, 0.6) is 0 Å². The fraction of sp³-hybridized carbons (Fsp3) is 0.647. The van der Waals surface area contributed by atoms with E-state index in [2.05, 4.69) is 10.3 Å². The van der Waals surface area contributed by atoms with Gasteiger partial charge in [0.2, 0.25) is 5.91 Å². The molecule has 4 aliphatic carbocycles. The van der Waals surface area contributed by atoms with Crippen molar-refractivity contribution < 1.29 is 4.79 Å². The number of thiazole rings is 1. The van der Waals surface area contributed by atoms with E-state index in [-0.39, 0.29) is 11.4 Å². The van der Waals surface area contributed by atoms with Crippen LogP contribution in [-0.4, -0.2) is 20.8 Å². The van der Waals surface area contributed by atoms with E-state index in [1.54, 1.807) is 11.3 Å². The summed E-state index contributed by atoms with van der Waals surface area (Å²) in [5, 5.41) is 5.44. The molecule has 1 N–H and O–H groups in total. The number of fused-ring (bicyclic) bond motifs is 1. The zero-order valence-electron chi connectivity index (χ0n) is 12.6. The Hall–Kier alpha value is -1.36. The van der Waals surface area contributed by atoms with Crippen LogP contribution in [0.2, 0.25) is 0 Å². The van der Waals surface area contributed by atoms with Crippen molar-refractivity contribution in [3.8, 4) is 0 Å². The number of nitrogens with zero attached hydrogens (tertiary/aromatic N) is 2. The van der Waals surface area contributed by atoms with E-state index in [9.17, 15) is 4.79 Å². The molecule has 1 amide bonds. The summed E-state index contributed by atoms with van der Waals surface area (Å²) in [6.45, 7) is 0. The van der Waals surface area contributed by atoms with Gasteiger partial charge in [0.05, 0.1) is 12.1 Å². The molecular formula is C17H21N3OS. The number of rotatable bonds is 3. The maximum absolute atomic E-state index is 12.5. The quantitative estimate of drug-likeness (QED) is 0.946. The highest BCUT2D eigenvalue weighted by molar-refractivity contribution is 7.15. The van der Waals surface area contributed by atoms with Crippen LogP contribution in [0.3, 0.4) is 0 Å². The molecule has 6 rings (SSSR count). The largest absolute Gasteiger partial charge is 0.350 e. The lowest BCUT2D eigenvalue weighted by Gasteiger charge is -2.56. The standard InChI is InChI=1S/C17H21N3OS/c21-15(6-14-10-20-1-2-22-16(20)18-14)19-17-7-11-3-12(8-17)5-13(4-11)9-17/h1-2,10-13H,3-9H2,(H,19,21). The van der Waals surface area contributed by atoms with Crippen LogP contribution in [0.15, 0.2) is 17.8 Å². The lowest BCUT2D eigenvalue weighted by molar-refractivity contribution is -0.126. The average molecular weight is 315 g/mol. The monoisotopic (exact) mass is 315 g/mol. The first-order valence-corrected chi connectivity index (χ1v) is 9.27. The third-order valence-corrected chi connectivity index (χ3v) is 6.70. The summed E-state index contributed by atoms with van der Waals surface area (Å²) in [5.74, 6) is 2.76. The first kappa shape index (κ1) is 13.1. The third kappa shape index (κ3) is 2.09. The summed E-state index contributed by atoms with van der Waals surface area (Å²) in [5.41, 5.74) is 0.997. The Balaban J connectivity index is 1.31. The van der Waals surface area contributed by atoms with Crippen molar-refractivity contribution in [2.24, 2.45) is 17.8 Å². The normalized spacial score (nSPS) is 36.1. The van der Waals surface area contributed by atoms with Crippen LogP contribution in [0.1, 0.15) is 44.2 Å². The van der Waals surface area contributed by atoms with Gasteiger partial charge < -0.3 is 5.32 Å². The van der Waals surface area contributed by atoms with Gasteiger partial charge in [-0.05, 0) is 56.3 Å². The minimum atomic E-state index is 0.114. The van der Waals surface area contributed by atoms with Crippen molar-refractivity contribution >= 4 is 22.2 Å². The molecule has 4 fully saturated rings. The average Bonchev–Trinajstić information content (AvgIpc) is 2.96. The highest BCUT2D eigenvalue weighted by Crippen LogP contribution is 2.55. The molecule has 0 aliphatic heterocycles. The zero-order valence-corrected chi connectivity index (χ0v) is 13.4. The number of aromatic nitrogens is 2. The lowest BCUT2D eigenvalue weighted by Crippen LogP contribution is -2.60. The van der Waals surface area contributed by atoms with E-state index in [1.165, 1.54) is 38.5 Å². The summed E-state index contributed by atoms with van der Waals surface area (Å²) in [6.07, 6.45) is 12.2. The molecule has 4 bridgehead atoms. The van der Waals surface area contributed by atoms with Gasteiger partial charge in [0.1, 0.15) is 0 Å². The molecule has 5 heteroatoms. The maximum atomic E-state index is 12.5. The smallest absolute Gasteiger partial charge is 0.226 e. The van der Waals surface area contributed by atoms with Crippen LogP contribution in [0.25, 0.3) is 4.96 Å². The van der Waals surface area contributed by atoms with Gasteiger partial charge in [-0.15, -0.1) is 11.3 Å². The van der Waals surface area contributed by atoms with Crippen LogP contribution >= 0.6 is 11.3 Å². The highest BCUT2D eigenvalue weighted by Gasteiger charge is 2.51. The summed E-state index contributed by atoms with van der Waals surface area (Å²) in [7, 11) is 0. The fourth-order valence-corrected chi connectivity index (χ4v) is 6.35. The number of amides is 1. The van der Waals surface area contributed by atoms with E-state index < -0.39 is 0 Å². The van der Waals surface area contributed by atoms with Gasteiger partial charge in [-0.2, -0.15) is 0 Å². The Morgan fingerprint density at radius 1 is 1.27 bits per heavy atom. The molecule has 0 aromatic carbocycles. The first-order valence-electron chi connectivity index (χ1n) is 8.40. The molecule has 2 aromatic heterocycles. The second-order valence-electron chi connectivity index (χ2n) is 7.75. The summed E-state index contributed by atoms with van der Waals surface area (Å²) in [4.78, 5) is 18.0. The SMILES string of the molecule is O=C(Cc1cn2ccsc2n1)NC12CC3CC(CC(C3)C1)C2. The van der Waals surface area contributed by atoms with Gasteiger partial charge in [-0.25, -0.2) is 4.98 Å². The maximum Gasteiger partial charge on any atom is 0.226 e. The van der Waals surface area contributed by atoms with Gasteiger partial charge in [0.15, 0.2) is 4.96 Å². The Bertz CT molecular complexity index is 667. The van der Waals surface area contributed by atoms with Crippen LogP contribution in [0.4, 0.5) is 0 Å². The summed E-state index contributed by atoms with van der Waals surface area (Å²) < 4.78 is 2.00. The fourth-order valence-electron chi connectivity index (χ4n) is 5.63. The summed E-state index contributed by atoms with van der Waals surface area (Å²) in [6, 6.07) is 0. The number of carbonyl (C=O) groups excluding carboxylic acids is 1. The molecule has 0 radical (unpaired) electrons. The molecular weight excluding hydrogens is 294 g/mol. The molecule has 116 valence electrons. The predicted octanol–water partition coefficient (Wildman–Crippen LogP) is 3.02. The predicted molar refractivity (Wildman–Crippen MR) is 85.8 cm³/mol. The van der Waals surface area contributed by atoms with Gasteiger partial charge in [0.25, 0.3) is 0 Å². The van der Waals surface area contributed by atoms with Crippen molar-refractivity contribution in [2.45, 2.75) is 50.5 Å². The van der Waals surface area contributed by atoms with E-state index in [0.29, 0.717) is 6.42 Å². The second-order valence-corrected chi connectivity index (χ2v) is 8.62. The van der Waals surface area contributed by atoms with Crippen molar-refractivity contribution in [1.29, 1.82) is 0 Å². The van der Waals surface area contributed by atoms with Crippen LogP contribution < -0.4 is 5.32 Å². The van der Waals surface area contributed by atoms with E-state index in [4.69, 9.17) is 0 Å². The van der Waals surface area contributed by atoms with Crippen LogP contribution in [0, 0.1) is 17.8 Å². The molecule has 0 unspecified atom stereocenters. The molecule has 2 heterocycles. The van der Waals surface area contributed by atoms with Gasteiger partial charge >= 0.3 is 0 Å². The number of carbonyl (C=O) groups is 1. The number of imidazole rings is 1. The minimum absolute atomic E-state index is 0.114. The molecule has 2 aromatic rings. The zero-order chi connectivity index (χ0) is 14.7. The van der Waals surface area contributed by atoms with Crippen LogP contribution in [-0.2, 0) is 11.2 Å². The third-order valence-electron chi connectivity index (χ3n) is 5.93. The number of hydrogen-bond donors (Lipinski definition) is 1. The Morgan fingerprint density at radius 3 is 2.59 bits per heavy atom. The van der Waals surface area contributed by atoms with Gasteiger partial charge in [-0.3, -0.25) is 9.20 Å². The second kappa shape index (κ2) is 4.57. The summed E-state index contributed by atoms with van der Waals surface area (Å²) >= 11 is 1.61. The molecule has 22 heavy (non-hydrogen) atoms. The number of nitrogens with one attached hydrogen (secondary N) is 1. The van der Waals surface area contributed by atoms with E-state index in [0.717, 1.165) is 28.4 Å². The molecule has 4 nitrogen and oxygen atoms in total. The van der Waals surface area contributed by atoms with Crippen molar-refractivity contribution in [3.05, 3.63) is 23.5 Å². The highest BCUT2D eigenvalue weighted by atomic mass is 32.1. The van der Waals surface area contributed by atoms with Crippen molar-refractivity contribution in [2.75, 3.05) is 0 Å². The lowest BCUT2D eigenvalue weighted by atomic mass is 9.53. The molecule has 0 saturated heterocycles. The van der Waals surface area contributed by atoms with Gasteiger partial charge in [-0.1, -0.05) is 0 Å². The number of hydrogen-bond acceptors (Lipinski definition) is 3. The van der Waals surface area contributed by atoms with E-state index in [1.807, 2.05) is 22.2 Å². The molecule has 4 saturated carbocycles. The Labute approximate surface area is 133 Å². The van der Waals surface area contributed by atoms with Crippen molar-refractivity contribution in [3.63, 3.8) is 0 Å². The molecule has 0 spiro atoms. The first-order chi connectivity index (χ1) is 10.7. The molecule has 0 atom stereocenters. The minimum Gasteiger partial charge on any atom is -0.350 e. The van der Waals surface area contributed by atoms with Gasteiger partial charge in [0, 0.05) is 23.3 Å². The topological polar surface area (TPSA) is 46.4 Å². The van der Waals surface area contributed by atoms with E-state index >= 15 is 0 Å². The Morgan fingerprint density at radius 2 is 1.95 bits per heavy atom. The molecule has 4 aliphatic rings.